The largest absolute Gasteiger partial charge is 0.493 e. The van der Waals surface area contributed by atoms with E-state index in [4.69, 9.17) is 9.47 Å². The first-order valence-corrected chi connectivity index (χ1v) is 8.97. The van der Waals surface area contributed by atoms with E-state index in [9.17, 15) is 18.0 Å². The summed E-state index contributed by atoms with van der Waals surface area (Å²) in [6, 6.07) is 4.74. The molecule has 1 atom stereocenters. The molecule has 5 nitrogen and oxygen atoms in total. The summed E-state index contributed by atoms with van der Waals surface area (Å²) in [7, 11) is 1.35. The fraction of sp³-hybridized carbons (Fsp3) is 0.562. The van der Waals surface area contributed by atoms with E-state index in [1.807, 2.05) is 11.8 Å². The maximum Gasteiger partial charge on any atom is 0.422 e. The molecule has 0 saturated carbocycles. The molecule has 0 bridgehead atoms. The maximum atomic E-state index is 12.2. The van der Waals surface area contributed by atoms with Gasteiger partial charge >= 0.3 is 6.18 Å². The zero-order valence-corrected chi connectivity index (χ0v) is 14.6. The number of nitrogens with one attached hydrogen (secondary N) is 2. The molecule has 1 aromatic rings. The van der Waals surface area contributed by atoms with Gasteiger partial charge in [0.2, 0.25) is 5.91 Å². The van der Waals surface area contributed by atoms with Crippen molar-refractivity contribution in [1.29, 1.82) is 0 Å². The summed E-state index contributed by atoms with van der Waals surface area (Å²) in [5.41, 5.74) is 0.718. The highest BCUT2D eigenvalue weighted by Crippen LogP contribution is 2.29. The Kier molecular flexibility index (Phi) is 7.24. The predicted octanol–water partition coefficient (Wildman–Crippen LogP) is 2.35. The number of hydrogen-bond acceptors (Lipinski definition) is 5. The molecule has 1 unspecified atom stereocenters. The molecule has 1 heterocycles. The van der Waals surface area contributed by atoms with E-state index in [0.717, 1.165) is 23.6 Å². The molecule has 1 saturated heterocycles. The molecule has 0 aromatic heterocycles. The molecule has 1 aliphatic rings. The fourth-order valence-electron chi connectivity index (χ4n) is 2.35. The van der Waals surface area contributed by atoms with Crippen LogP contribution in [0.25, 0.3) is 0 Å². The first-order chi connectivity index (χ1) is 11.9. The zero-order valence-electron chi connectivity index (χ0n) is 13.8. The van der Waals surface area contributed by atoms with Crippen molar-refractivity contribution < 1.29 is 27.4 Å². The van der Waals surface area contributed by atoms with Crippen molar-refractivity contribution in [3.63, 3.8) is 0 Å². The lowest BCUT2D eigenvalue weighted by atomic mass is 10.2. The summed E-state index contributed by atoms with van der Waals surface area (Å²) in [6.07, 6.45) is -4.01. The van der Waals surface area contributed by atoms with E-state index in [1.165, 1.54) is 13.2 Å². The van der Waals surface area contributed by atoms with Crippen LogP contribution in [0.15, 0.2) is 18.2 Å². The number of amides is 1. The molecular weight excluding hydrogens is 357 g/mol. The van der Waals surface area contributed by atoms with Gasteiger partial charge in [-0.2, -0.15) is 24.9 Å². The molecule has 1 amide bonds. The van der Waals surface area contributed by atoms with Gasteiger partial charge in [-0.3, -0.25) is 4.79 Å². The molecule has 1 aromatic carbocycles. The van der Waals surface area contributed by atoms with E-state index < -0.39 is 12.8 Å². The lowest BCUT2D eigenvalue weighted by Gasteiger charge is -2.22. The second kappa shape index (κ2) is 9.19. The van der Waals surface area contributed by atoms with Gasteiger partial charge in [-0.25, -0.2) is 0 Å². The number of carbonyl (C=O) groups excluding carboxylic acids is 1. The van der Waals surface area contributed by atoms with Gasteiger partial charge in [0, 0.05) is 37.1 Å². The second-order valence-corrected chi connectivity index (χ2v) is 6.75. The first kappa shape index (κ1) is 19.7. The van der Waals surface area contributed by atoms with Crippen LogP contribution in [0.4, 0.5) is 13.2 Å². The van der Waals surface area contributed by atoms with Gasteiger partial charge in [0.25, 0.3) is 0 Å². The van der Waals surface area contributed by atoms with Crippen LogP contribution in [0.5, 0.6) is 11.5 Å². The minimum Gasteiger partial charge on any atom is -0.493 e. The van der Waals surface area contributed by atoms with Crippen LogP contribution in [0.2, 0.25) is 0 Å². The summed E-state index contributed by atoms with van der Waals surface area (Å²) < 4.78 is 46.5. The van der Waals surface area contributed by atoms with Crippen molar-refractivity contribution in [1.82, 2.24) is 10.6 Å². The molecule has 0 radical (unpaired) electrons. The van der Waals surface area contributed by atoms with E-state index in [1.54, 1.807) is 12.1 Å². The van der Waals surface area contributed by atoms with Crippen LogP contribution < -0.4 is 20.1 Å². The number of benzene rings is 1. The zero-order chi connectivity index (χ0) is 18.3. The third-order valence-electron chi connectivity index (χ3n) is 3.54. The van der Waals surface area contributed by atoms with E-state index in [-0.39, 0.29) is 30.0 Å². The van der Waals surface area contributed by atoms with Crippen LogP contribution in [-0.4, -0.2) is 49.9 Å². The van der Waals surface area contributed by atoms with E-state index in [2.05, 4.69) is 10.6 Å². The Labute approximate surface area is 148 Å². The van der Waals surface area contributed by atoms with Gasteiger partial charge in [-0.15, -0.1) is 0 Å². The number of alkyl halides is 3. The monoisotopic (exact) mass is 378 g/mol. The third-order valence-corrected chi connectivity index (χ3v) is 4.67. The molecule has 1 fully saturated rings. The Morgan fingerprint density at radius 3 is 2.84 bits per heavy atom. The number of hydrogen-bond donors (Lipinski definition) is 2. The van der Waals surface area contributed by atoms with Crippen LogP contribution in [-0.2, 0) is 11.3 Å². The van der Waals surface area contributed by atoms with Crippen LogP contribution in [0, 0.1) is 0 Å². The van der Waals surface area contributed by atoms with Crippen molar-refractivity contribution in [2.75, 3.05) is 31.8 Å². The molecule has 2 rings (SSSR count). The van der Waals surface area contributed by atoms with Gasteiger partial charge in [0.15, 0.2) is 18.1 Å². The lowest BCUT2D eigenvalue weighted by molar-refractivity contribution is -0.153. The molecule has 25 heavy (non-hydrogen) atoms. The Morgan fingerprint density at radius 1 is 1.40 bits per heavy atom. The average Bonchev–Trinajstić information content (AvgIpc) is 2.58. The van der Waals surface area contributed by atoms with Crippen molar-refractivity contribution in [3.05, 3.63) is 23.8 Å². The molecule has 1 aliphatic heterocycles. The molecule has 9 heteroatoms. The number of carbonyl (C=O) groups is 1. The van der Waals surface area contributed by atoms with Gasteiger partial charge in [0.05, 0.1) is 7.11 Å². The van der Waals surface area contributed by atoms with Crippen molar-refractivity contribution in [2.45, 2.75) is 25.2 Å². The van der Waals surface area contributed by atoms with Crippen molar-refractivity contribution in [2.24, 2.45) is 0 Å². The Bertz CT molecular complexity index is 578. The number of methoxy groups -OCH3 is 1. The summed E-state index contributed by atoms with van der Waals surface area (Å²) in [5, 5.41) is 6.10. The highest BCUT2D eigenvalue weighted by molar-refractivity contribution is 7.99. The van der Waals surface area contributed by atoms with Gasteiger partial charge in [0.1, 0.15) is 0 Å². The molecular formula is C16H21F3N2O3S. The van der Waals surface area contributed by atoms with E-state index >= 15 is 0 Å². The van der Waals surface area contributed by atoms with Gasteiger partial charge < -0.3 is 20.1 Å². The highest BCUT2D eigenvalue weighted by atomic mass is 32.2. The number of ether oxygens (including phenoxy) is 2. The third kappa shape index (κ3) is 7.03. The average molecular weight is 378 g/mol. The van der Waals surface area contributed by atoms with Crippen molar-refractivity contribution in [3.8, 4) is 11.5 Å². The van der Waals surface area contributed by atoms with Crippen LogP contribution >= 0.6 is 11.8 Å². The van der Waals surface area contributed by atoms with Gasteiger partial charge in [-0.05, 0) is 17.7 Å². The molecule has 140 valence electrons. The van der Waals surface area contributed by atoms with Gasteiger partial charge in [-0.1, -0.05) is 6.07 Å². The summed E-state index contributed by atoms with van der Waals surface area (Å²) in [5.74, 6) is 2.10. The first-order valence-electron chi connectivity index (χ1n) is 7.81. The standard InChI is InChI=1S/C16H21F3N2O3S/c1-23-14-6-11(2-3-13(14)24-10-16(17,18)19)8-21-15(22)7-12-9-25-5-4-20-12/h2-3,6,12,20H,4-5,7-10H2,1H3,(H,21,22). The molecule has 2 N–H and O–H groups in total. The van der Waals surface area contributed by atoms with Crippen LogP contribution in [0.3, 0.4) is 0 Å². The minimum absolute atomic E-state index is 0.0123. The Balaban J connectivity index is 1.86. The van der Waals surface area contributed by atoms with Crippen LogP contribution in [0.1, 0.15) is 12.0 Å². The fourth-order valence-corrected chi connectivity index (χ4v) is 3.30. The highest BCUT2D eigenvalue weighted by Gasteiger charge is 2.29. The Hall–Kier alpha value is -1.61. The smallest absolute Gasteiger partial charge is 0.422 e. The number of thioether (sulfide) groups is 1. The molecule has 0 spiro atoms. The summed E-state index contributed by atoms with van der Waals surface area (Å²) in [4.78, 5) is 12.0. The topological polar surface area (TPSA) is 59.6 Å². The van der Waals surface area contributed by atoms with Crippen molar-refractivity contribution >= 4 is 17.7 Å². The normalized spacial score (nSPS) is 17.8. The quantitative estimate of drug-likeness (QED) is 0.763. The number of halogens is 3. The second-order valence-electron chi connectivity index (χ2n) is 5.60. The lowest BCUT2D eigenvalue weighted by Crippen LogP contribution is -2.41. The molecule has 0 aliphatic carbocycles. The maximum absolute atomic E-state index is 12.2. The summed E-state index contributed by atoms with van der Waals surface area (Å²) >= 11 is 1.82. The Morgan fingerprint density at radius 2 is 2.20 bits per heavy atom. The summed E-state index contributed by atoms with van der Waals surface area (Å²) in [6.45, 7) is -0.209. The SMILES string of the molecule is COc1cc(CNC(=O)CC2CSCCN2)ccc1OCC(F)(F)F. The minimum atomic E-state index is -4.41. The number of rotatable bonds is 7. The predicted molar refractivity (Wildman–Crippen MR) is 90.1 cm³/mol. The van der Waals surface area contributed by atoms with E-state index in [0.29, 0.717) is 6.42 Å².